The first-order chi connectivity index (χ1) is 30.7. The molecule has 0 saturated carbocycles. The normalized spacial score (nSPS) is 11.5. The van der Waals surface area contributed by atoms with E-state index < -0.39 is 0 Å². The molecule has 0 bridgehead atoms. The molecule has 9 aromatic carbocycles. The Morgan fingerprint density at radius 1 is 0.226 bits per heavy atom. The van der Waals surface area contributed by atoms with Gasteiger partial charge in [0.25, 0.3) is 0 Å². The predicted molar refractivity (Wildman–Crippen MR) is 260 cm³/mol. The van der Waals surface area contributed by atoms with E-state index in [0.717, 1.165) is 45.0 Å². The summed E-state index contributed by atoms with van der Waals surface area (Å²) in [5.74, 6) is 0. The maximum absolute atomic E-state index is 5.11. The molecular formula is C59H39N3. The molecule has 12 rings (SSSR count). The fraction of sp³-hybridized carbons (Fsp3) is 0. The van der Waals surface area contributed by atoms with Crippen LogP contribution in [0.2, 0.25) is 0 Å². The summed E-state index contributed by atoms with van der Waals surface area (Å²) in [4.78, 5) is 5.11. The summed E-state index contributed by atoms with van der Waals surface area (Å²) in [6, 6.07) is 85.2. The quantitative estimate of drug-likeness (QED) is 0.158. The smallest absolute Gasteiger partial charge is 0.0715 e. The Kier molecular flexibility index (Phi) is 8.50. The van der Waals surface area contributed by atoms with Gasteiger partial charge < -0.3 is 9.13 Å². The highest BCUT2D eigenvalue weighted by Gasteiger charge is 2.17. The topological polar surface area (TPSA) is 22.8 Å². The fourth-order valence-electron chi connectivity index (χ4n) is 9.33. The largest absolute Gasteiger partial charge is 0.309 e. The van der Waals surface area contributed by atoms with Gasteiger partial charge in [-0.3, -0.25) is 0 Å². The zero-order valence-corrected chi connectivity index (χ0v) is 33.9. The molecule has 0 aliphatic rings. The molecule has 3 heteroatoms. The number of nitrogens with zero attached hydrogens (tertiary/aromatic N) is 3. The van der Waals surface area contributed by atoms with Crippen molar-refractivity contribution in [2.45, 2.75) is 0 Å². The Labute approximate surface area is 360 Å². The van der Waals surface area contributed by atoms with Crippen molar-refractivity contribution in [1.29, 1.82) is 0 Å². The van der Waals surface area contributed by atoms with Crippen molar-refractivity contribution in [2.75, 3.05) is 0 Å². The molecular weight excluding hydrogens is 751 g/mol. The molecule has 12 aromatic rings. The van der Waals surface area contributed by atoms with Gasteiger partial charge in [-0.1, -0.05) is 164 Å². The molecule has 0 aliphatic heterocycles. The Morgan fingerprint density at radius 3 is 1.32 bits per heavy atom. The Bertz CT molecular complexity index is 3540. The summed E-state index contributed by atoms with van der Waals surface area (Å²) in [5.41, 5.74) is 18.2. The van der Waals surface area contributed by atoms with Gasteiger partial charge in [0.2, 0.25) is 0 Å². The minimum atomic E-state index is 0.961. The third-order valence-corrected chi connectivity index (χ3v) is 12.3. The van der Waals surface area contributed by atoms with Crippen molar-refractivity contribution in [3.05, 3.63) is 237 Å². The molecule has 0 N–H and O–H groups in total. The third-order valence-electron chi connectivity index (χ3n) is 12.3. The van der Waals surface area contributed by atoms with Gasteiger partial charge in [-0.15, -0.1) is 0 Å². The number of pyridine rings is 1. The van der Waals surface area contributed by atoms with Crippen LogP contribution < -0.4 is 0 Å². The van der Waals surface area contributed by atoms with Gasteiger partial charge in [-0.05, 0) is 106 Å². The fourth-order valence-corrected chi connectivity index (χ4v) is 9.33. The van der Waals surface area contributed by atoms with Crippen LogP contribution in [0.4, 0.5) is 0 Å². The second kappa shape index (κ2) is 14.8. The van der Waals surface area contributed by atoms with E-state index in [0.29, 0.717) is 0 Å². The first kappa shape index (κ1) is 35.7. The molecule has 0 fully saturated rings. The molecule has 3 aromatic heterocycles. The summed E-state index contributed by atoms with van der Waals surface area (Å²) >= 11 is 0. The standard InChI is InChI=1S/C59H39N3/c1-4-15-41(16-5-1)54-37-47(38-55(60-54)42-17-6-2-7-18-42)44-20-14-19-43(35-44)40-27-31-49(32-28-40)61-57-26-13-11-24-51(57)53-36-45(30-34-58(53)61)46-29-33-52-50-23-10-12-25-56(50)62(59(52)39-46)48-21-8-3-9-22-48/h1-39H. The van der Waals surface area contributed by atoms with Crippen molar-refractivity contribution in [3.8, 4) is 67.3 Å². The summed E-state index contributed by atoms with van der Waals surface area (Å²) < 4.78 is 4.79. The zero-order valence-electron chi connectivity index (χ0n) is 33.9. The third kappa shape index (κ3) is 6.10. The van der Waals surface area contributed by atoms with E-state index in [4.69, 9.17) is 4.98 Å². The number of hydrogen-bond donors (Lipinski definition) is 0. The summed E-state index contributed by atoms with van der Waals surface area (Å²) in [7, 11) is 0. The van der Waals surface area contributed by atoms with Crippen LogP contribution in [0, 0.1) is 0 Å². The van der Waals surface area contributed by atoms with Gasteiger partial charge in [0.05, 0.1) is 33.5 Å². The highest BCUT2D eigenvalue weighted by Crippen LogP contribution is 2.39. The molecule has 0 radical (unpaired) electrons. The second-order valence-electron chi connectivity index (χ2n) is 16.0. The van der Waals surface area contributed by atoms with Gasteiger partial charge in [-0.2, -0.15) is 0 Å². The maximum atomic E-state index is 5.11. The van der Waals surface area contributed by atoms with E-state index in [1.165, 1.54) is 65.9 Å². The first-order valence-corrected chi connectivity index (χ1v) is 21.2. The van der Waals surface area contributed by atoms with Crippen molar-refractivity contribution in [3.63, 3.8) is 0 Å². The van der Waals surface area contributed by atoms with Crippen molar-refractivity contribution in [2.24, 2.45) is 0 Å². The van der Waals surface area contributed by atoms with Crippen LogP contribution in [0.5, 0.6) is 0 Å². The van der Waals surface area contributed by atoms with E-state index in [-0.39, 0.29) is 0 Å². The molecule has 290 valence electrons. The lowest BCUT2D eigenvalue weighted by atomic mass is 9.96. The molecule has 3 nitrogen and oxygen atoms in total. The predicted octanol–water partition coefficient (Wildman–Crippen LogP) is 15.6. The van der Waals surface area contributed by atoms with Crippen LogP contribution in [0.25, 0.3) is 111 Å². The van der Waals surface area contributed by atoms with E-state index in [1.807, 2.05) is 12.1 Å². The summed E-state index contributed by atoms with van der Waals surface area (Å²) in [6.07, 6.45) is 0. The molecule has 0 unspecified atom stereocenters. The highest BCUT2D eigenvalue weighted by atomic mass is 15.0. The molecule has 0 atom stereocenters. The molecule has 0 saturated heterocycles. The van der Waals surface area contributed by atoms with Crippen LogP contribution in [-0.2, 0) is 0 Å². The SMILES string of the molecule is c1ccc(-c2cc(-c3cccc(-c4ccc(-n5c6ccccc6c6cc(-c7ccc8c9ccccc9n(-c9ccccc9)c8c7)ccc65)cc4)c3)cc(-c3ccccc3)n2)cc1. The highest BCUT2D eigenvalue weighted by molar-refractivity contribution is 6.12. The minimum absolute atomic E-state index is 0.961. The lowest BCUT2D eigenvalue weighted by Crippen LogP contribution is -1.94. The van der Waals surface area contributed by atoms with Crippen LogP contribution in [-0.4, -0.2) is 14.1 Å². The number of aromatic nitrogens is 3. The summed E-state index contributed by atoms with van der Waals surface area (Å²) in [5, 5.41) is 5.00. The molecule has 3 heterocycles. The van der Waals surface area contributed by atoms with E-state index in [1.54, 1.807) is 0 Å². The number of hydrogen-bond acceptors (Lipinski definition) is 1. The van der Waals surface area contributed by atoms with Crippen LogP contribution in [0.1, 0.15) is 0 Å². The second-order valence-corrected chi connectivity index (χ2v) is 16.0. The van der Waals surface area contributed by atoms with E-state index in [9.17, 15) is 0 Å². The number of fused-ring (bicyclic) bond motifs is 6. The summed E-state index contributed by atoms with van der Waals surface area (Å²) in [6.45, 7) is 0. The average Bonchev–Trinajstić information content (AvgIpc) is 3.87. The number of benzene rings is 9. The Hall–Kier alpha value is -8.27. The maximum Gasteiger partial charge on any atom is 0.0715 e. The van der Waals surface area contributed by atoms with Gasteiger partial charge in [0, 0.05) is 44.0 Å². The van der Waals surface area contributed by atoms with Gasteiger partial charge >= 0.3 is 0 Å². The Morgan fingerprint density at radius 2 is 0.661 bits per heavy atom. The number of para-hydroxylation sites is 3. The van der Waals surface area contributed by atoms with Gasteiger partial charge in [-0.25, -0.2) is 4.98 Å². The van der Waals surface area contributed by atoms with E-state index >= 15 is 0 Å². The van der Waals surface area contributed by atoms with Gasteiger partial charge in [0.15, 0.2) is 0 Å². The van der Waals surface area contributed by atoms with Crippen molar-refractivity contribution < 1.29 is 0 Å². The van der Waals surface area contributed by atoms with Crippen LogP contribution in [0.15, 0.2) is 237 Å². The van der Waals surface area contributed by atoms with Crippen LogP contribution in [0.3, 0.4) is 0 Å². The molecule has 62 heavy (non-hydrogen) atoms. The van der Waals surface area contributed by atoms with Crippen molar-refractivity contribution in [1.82, 2.24) is 14.1 Å². The zero-order chi connectivity index (χ0) is 41.0. The lowest BCUT2D eigenvalue weighted by molar-refractivity contribution is 1.18. The lowest BCUT2D eigenvalue weighted by Gasteiger charge is -2.12. The molecule has 0 spiro atoms. The van der Waals surface area contributed by atoms with Gasteiger partial charge in [0.1, 0.15) is 0 Å². The van der Waals surface area contributed by atoms with E-state index in [2.05, 4.69) is 234 Å². The first-order valence-electron chi connectivity index (χ1n) is 21.2. The minimum Gasteiger partial charge on any atom is -0.309 e. The van der Waals surface area contributed by atoms with Crippen LogP contribution >= 0.6 is 0 Å². The molecule has 0 amide bonds. The Balaban J connectivity index is 0.917. The molecule has 0 aliphatic carbocycles. The average molecular weight is 790 g/mol. The monoisotopic (exact) mass is 789 g/mol. The van der Waals surface area contributed by atoms with Crippen molar-refractivity contribution >= 4 is 43.6 Å². The number of rotatable bonds is 7.